The first-order chi connectivity index (χ1) is 5.73. The van der Waals surface area contributed by atoms with E-state index in [1.54, 1.807) is 0 Å². The topological polar surface area (TPSA) is 38.5 Å². The van der Waals surface area contributed by atoms with Gasteiger partial charge >= 0.3 is 0 Å². The van der Waals surface area contributed by atoms with Crippen molar-refractivity contribution in [1.82, 2.24) is 4.90 Å². The molecule has 0 aromatic carbocycles. The van der Waals surface area contributed by atoms with Crippen LogP contribution < -0.4 is 5.73 Å². The summed E-state index contributed by atoms with van der Waals surface area (Å²) in [5.74, 6) is 0. The monoisotopic (exact) mass is 240 g/mol. The minimum Gasteiger partial charge on any atom is -0.379 e. The number of morpholine rings is 1. The third kappa shape index (κ3) is 1.55. The number of rotatable bonds is 1. The quantitative estimate of drug-likeness (QED) is 0.737. The van der Waals surface area contributed by atoms with E-state index in [1.165, 1.54) is 19.3 Å². The Balaban J connectivity index is 0.000000490. The molecule has 4 fully saturated rings. The fourth-order valence-corrected chi connectivity index (χ4v) is 3.18. The first kappa shape index (κ1) is 12.5. The van der Waals surface area contributed by atoms with Crippen molar-refractivity contribution in [3.05, 3.63) is 0 Å². The van der Waals surface area contributed by atoms with Gasteiger partial charge in [-0.2, -0.15) is 0 Å². The van der Waals surface area contributed by atoms with Crippen LogP contribution >= 0.6 is 24.8 Å². The van der Waals surface area contributed by atoms with E-state index < -0.39 is 0 Å². The molecule has 14 heavy (non-hydrogen) atoms. The lowest BCUT2D eigenvalue weighted by Gasteiger charge is -2.73. The van der Waals surface area contributed by atoms with Gasteiger partial charge < -0.3 is 10.5 Å². The highest BCUT2D eigenvalue weighted by Crippen LogP contribution is 2.62. The van der Waals surface area contributed by atoms with Gasteiger partial charge in [-0.3, -0.25) is 4.90 Å². The average molecular weight is 241 g/mol. The zero-order chi connectivity index (χ0) is 8.23. The summed E-state index contributed by atoms with van der Waals surface area (Å²) in [6.07, 6.45) is 3.71. The molecule has 1 heterocycles. The third-order valence-corrected chi connectivity index (χ3v) is 3.73. The van der Waals surface area contributed by atoms with Crippen LogP contribution in [-0.2, 0) is 4.74 Å². The van der Waals surface area contributed by atoms with E-state index in [9.17, 15) is 0 Å². The van der Waals surface area contributed by atoms with E-state index >= 15 is 0 Å². The van der Waals surface area contributed by atoms with Crippen LogP contribution in [0.1, 0.15) is 19.3 Å². The largest absolute Gasteiger partial charge is 0.379 e. The summed E-state index contributed by atoms with van der Waals surface area (Å²) < 4.78 is 5.33. The number of ether oxygens (including phenoxy) is 1. The molecule has 84 valence electrons. The predicted molar refractivity (Wildman–Crippen MR) is 60.4 cm³/mol. The Hall–Kier alpha value is 0.460. The molecule has 0 atom stereocenters. The van der Waals surface area contributed by atoms with Crippen LogP contribution in [0.15, 0.2) is 0 Å². The maximum absolute atomic E-state index is 6.02. The molecule has 0 spiro atoms. The maximum Gasteiger partial charge on any atom is 0.0594 e. The van der Waals surface area contributed by atoms with Crippen molar-refractivity contribution < 1.29 is 4.74 Å². The first-order valence-electron chi connectivity index (χ1n) is 4.84. The van der Waals surface area contributed by atoms with Gasteiger partial charge in [0.25, 0.3) is 0 Å². The van der Waals surface area contributed by atoms with Crippen LogP contribution in [-0.4, -0.2) is 42.3 Å². The van der Waals surface area contributed by atoms with Gasteiger partial charge in [-0.25, -0.2) is 0 Å². The van der Waals surface area contributed by atoms with Gasteiger partial charge in [-0.1, -0.05) is 0 Å². The Morgan fingerprint density at radius 3 is 1.93 bits per heavy atom. The zero-order valence-electron chi connectivity index (χ0n) is 8.20. The summed E-state index contributed by atoms with van der Waals surface area (Å²) in [4.78, 5) is 2.59. The Morgan fingerprint density at radius 2 is 1.50 bits per heavy atom. The summed E-state index contributed by atoms with van der Waals surface area (Å²) >= 11 is 0. The van der Waals surface area contributed by atoms with Crippen molar-refractivity contribution in [2.75, 3.05) is 26.3 Å². The second-order valence-electron chi connectivity index (χ2n) is 4.72. The smallest absolute Gasteiger partial charge is 0.0594 e. The highest BCUT2D eigenvalue weighted by molar-refractivity contribution is 5.85. The average Bonchev–Trinajstić information content (AvgIpc) is 1.99. The highest BCUT2D eigenvalue weighted by atomic mass is 35.5. The summed E-state index contributed by atoms with van der Waals surface area (Å²) in [5.41, 5.74) is 6.80. The van der Waals surface area contributed by atoms with Crippen LogP contribution in [0.5, 0.6) is 0 Å². The Bertz CT molecular complexity index is 199. The Kier molecular flexibility index (Phi) is 3.40. The molecule has 1 saturated heterocycles. The molecule has 3 nitrogen and oxygen atoms in total. The number of nitrogens with zero attached hydrogens (tertiary/aromatic N) is 1. The van der Waals surface area contributed by atoms with Crippen molar-refractivity contribution in [3.63, 3.8) is 0 Å². The summed E-state index contributed by atoms with van der Waals surface area (Å²) in [7, 11) is 0. The molecule has 5 heteroatoms. The lowest BCUT2D eigenvalue weighted by Crippen LogP contribution is -2.82. The van der Waals surface area contributed by atoms with E-state index in [0.717, 1.165) is 26.3 Å². The molecule has 0 aromatic rings. The minimum atomic E-state index is 0. The van der Waals surface area contributed by atoms with E-state index in [1.807, 2.05) is 0 Å². The summed E-state index contributed by atoms with van der Waals surface area (Å²) in [5, 5.41) is 0. The molecular weight excluding hydrogens is 223 g/mol. The van der Waals surface area contributed by atoms with Crippen LogP contribution in [0.3, 0.4) is 0 Å². The number of halogens is 2. The van der Waals surface area contributed by atoms with E-state index in [4.69, 9.17) is 10.5 Å². The van der Waals surface area contributed by atoms with E-state index in [2.05, 4.69) is 4.90 Å². The second kappa shape index (κ2) is 3.80. The van der Waals surface area contributed by atoms with Crippen molar-refractivity contribution in [2.24, 2.45) is 5.73 Å². The van der Waals surface area contributed by atoms with Crippen molar-refractivity contribution in [1.29, 1.82) is 0 Å². The van der Waals surface area contributed by atoms with Gasteiger partial charge in [0.1, 0.15) is 0 Å². The lowest BCUT2D eigenvalue weighted by molar-refractivity contribution is -0.181. The molecular formula is C9H18Cl2N2O. The molecule has 1 aliphatic heterocycles. The maximum atomic E-state index is 6.02. The van der Waals surface area contributed by atoms with E-state index in [0.29, 0.717) is 5.54 Å². The molecule has 2 bridgehead atoms. The van der Waals surface area contributed by atoms with Crippen LogP contribution in [0.4, 0.5) is 0 Å². The molecule has 4 rings (SSSR count). The molecule has 0 aromatic heterocycles. The lowest BCUT2D eigenvalue weighted by atomic mass is 9.44. The molecule has 4 aliphatic rings. The third-order valence-electron chi connectivity index (χ3n) is 3.73. The van der Waals surface area contributed by atoms with Gasteiger partial charge in [0.15, 0.2) is 0 Å². The number of hydrogen-bond acceptors (Lipinski definition) is 3. The molecule has 3 aliphatic carbocycles. The molecule has 0 radical (unpaired) electrons. The molecule has 2 N–H and O–H groups in total. The summed E-state index contributed by atoms with van der Waals surface area (Å²) in [6, 6.07) is 0. The van der Waals surface area contributed by atoms with Crippen molar-refractivity contribution >= 4 is 24.8 Å². The van der Waals surface area contributed by atoms with Gasteiger partial charge in [0.05, 0.1) is 13.2 Å². The first-order valence-corrected chi connectivity index (χ1v) is 4.84. The van der Waals surface area contributed by atoms with Crippen LogP contribution in [0.2, 0.25) is 0 Å². The zero-order valence-corrected chi connectivity index (χ0v) is 9.83. The molecule has 0 amide bonds. The normalized spacial score (nSPS) is 45.2. The molecule has 3 saturated carbocycles. The number of hydrogen-bond donors (Lipinski definition) is 1. The second-order valence-corrected chi connectivity index (χ2v) is 4.72. The fraction of sp³-hybridized carbons (Fsp3) is 1.00. The van der Waals surface area contributed by atoms with Crippen LogP contribution in [0, 0.1) is 0 Å². The van der Waals surface area contributed by atoms with Gasteiger partial charge in [-0.05, 0) is 19.3 Å². The van der Waals surface area contributed by atoms with Crippen molar-refractivity contribution in [3.8, 4) is 0 Å². The highest BCUT2D eigenvalue weighted by Gasteiger charge is 2.68. The van der Waals surface area contributed by atoms with Gasteiger partial charge in [0.2, 0.25) is 0 Å². The SMILES string of the molecule is Cl.Cl.NC12CC(N3CCOCC3)(C1)C2. The predicted octanol–water partition coefficient (Wildman–Crippen LogP) is 0.796. The molecule has 0 unspecified atom stereocenters. The standard InChI is InChI=1S/C9H16N2O.2ClH/c10-8-5-9(6-8,7-8)11-1-3-12-4-2-11;;/h1-7,10H2;2*1H. The van der Waals surface area contributed by atoms with Crippen LogP contribution in [0.25, 0.3) is 0 Å². The van der Waals surface area contributed by atoms with E-state index in [-0.39, 0.29) is 30.4 Å². The fourth-order valence-electron chi connectivity index (χ4n) is 3.18. The number of nitrogens with two attached hydrogens (primary N) is 1. The van der Waals surface area contributed by atoms with Gasteiger partial charge in [0, 0.05) is 24.2 Å². The Morgan fingerprint density at radius 1 is 1.00 bits per heavy atom. The summed E-state index contributed by atoms with van der Waals surface area (Å²) in [6.45, 7) is 4.07. The minimum absolute atomic E-state index is 0. The Labute approximate surface area is 97.2 Å². The van der Waals surface area contributed by atoms with Crippen molar-refractivity contribution in [2.45, 2.75) is 30.3 Å². The van der Waals surface area contributed by atoms with Gasteiger partial charge in [-0.15, -0.1) is 24.8 Å².